The number of urea groups is 1. The first-order chi connectivity index (χ1) is 29.1. The van der Waals surface area contributed by atoms with E-state index in [0.717, 1.165) is 51.0 Å². The molecule has 9 rings (SSSR count). The minimum atomic E-state index is -0.519. The van der Waals surface area contributed by atoms with Gasteiger partial charge in [0.15, 0.2) is 5.65 Å². The molecule has 6 aromatic rings. The van der Waals surface area contributed by atoms with Crippen LogP contribution in [-0.2, 0) is 4.79 Å². The van der Waals surface area contributed by atoms with Gasteiger partial charge in [0.2, 0.25) is 17.6 Å². The predicted molar refractivity (Wildman–Crippen MR) is 229 cm³/mol. The van der Waals surface area contributed by atoms with Crippen LogP contribution in [0.3, 0.4) is 0 Å². The van der Waals surface area contributed by atoms with Crippen molar-refractivity contribution in [2.45, 2.75) is 38.0 Å². The third-order valence-corrected chi connectivity index (χ3v) is 12.4. The smallest absolute Gasteiger partial charge is 0.328 e. The molecule has 3 aromatic heterocycles. The average molecular weight is 850 g/mol. The summed E-state index contributed by atoms with van der Waals surface area (Å²) in [5.41, 5.74) is 3.46. The quantitative estimate of drug-likeness (QED) is 0.161. The summed E-state index contributed by atoms with van der Waals surface area (Å²) in [5, 5.41) is 6.56. The molecule has 60 heavy (non-hydrogen) atoms. The van der Waals surface area contributed by atoms with Crippen molar-refractivity contribution in [2.24, 2.45) is 5.92 Å². The van der Waals surface area contributed by atoms with Gasteiger partial charge in [0.05, 0.1) is 28.5 Å². The fourth-order valence-electron chi connectivity index (χ4n) is 8.62. The number of rotatable bonds is 9. The molecule has 6 heterocycles. The second kappa shape index (κ2) is 16.6. The van der Waals surface area contributed by atoms with Gasteiger partial charge in [-0.15, -0.1) is 0 Å². The van der Waals surface area contributed by atoms with Crippen molar-refractivity contribution in [2.75, 3.05) is 56.6 Å². The number of aromatic nitrogens is 5. The molecule has 17 heteroatoms. The number of piperidine rings is 2. The Morgan fingerprint density at radius 2 is 1.67 bits per heavy atom. The Hall–Kier alpha value is -6.03. The van der Waals surface area contributed by atoms with Crippen LogP contribution in [0.1, 0.15) is 53.9 Å². The molecule has 0 radical (unpaired) electrons. The largest absolute Gasteiger partial charge is 0.495 e. The summed E-state index contributed by atoms with van der Waals surface area (Å²) in [6, 6.07) is 18.1. The lowest BCUT2D eigenvalue weighted by atomic mass is 9.88. The number of imide groups is 1. The topological polar surface area (TPSA) is 159 Å². The van der Waals surface area contributed by atoms with Crippen LogP contribution in [0.25, 0.3) is 22.5 Å². The number of halogens is 2. The number of carbonyl (C=O) groups excluding carboxylic acids is 3. The number of hydrogen-bond donors (Lipinski definition) is 2. The van der Waals surface area contributed by atoms with Crippen molar-refractivity contribution in [1.29, 1.82) is 0 Å². The highest BCUT2D eigenvalue weighted by Crippen LogP contribution is 2.34. The Morgan fingerprint density at radius 1 is 0.917 bits per heavy atom. The van der Waals surface area contributed by atoms with E-state index in [1.165, 1.54) is 28.3 Å². The maximum atomic E-state index is 13.7. The van der Waals surface area contributed by atoms with Crippen LogP contribution in [0.5, 0.6) is 5.75 Å². The number of fused-ring (bicyclic) bond motifs is 3. The Bertz CT molecular complexity index is 2670. The molecular formula is C43H42Cl2N10O5. The zero-order valence-corrected chi connectivity index (χ0v) is 34.3. The third kappa shape index (κ3) is 7.64. The zero-order valence-electron chi connectivity index (χ0n) is 32.8. The normalized spacial score (nSPS) is 17.1. The molecule has 3 aromatic carbocycles. The minimum absolute atomic E-state index is 0.0690. The Morgan fingerprint density at radius 3 is 2.38 bits per heavy atom. The van der Waals surface area contributed by atoms with Gasteiger partial charge in [-0.25, -0.2) is 19.3 Å². The Balaban J connectivity index is 0.781. The first-order valence-electron chi connectivity index (χ1n) is 20.0. The van der Waals surface area contributed by atoms with Crippen LogP contribution in [0.15, 0.2) is 84.0 Å². The lowest BCUT2D eigenvalue weighted by Gasteiger charge is -2.38. The number of imidazole rings is 1. The number of para-hydroxylation sites is 1. The summed E-state index contributed by atoms with van der Waals surface area (Å²) >= 11 is 13.0. The van der Waals surface area contributed by atoms with E-state index in [1.807, 2.05) is 17.0 Å². The van der Waals surface area contributed by atoms with Gasteiger partial charge in [-0.05, 0) is 98.6 Å². The summed E-state index contributed by atoms with van der Waals surface area (Å²) in [6.45, 7) is 4.64. The van der Waals surface area contributed by atoms with Crippen LogP contribution in [0.2, 0.25) is 10.0 Å². The van der Waals surface area contributed by atoms with Crippen LogP contribution in [0.4, 0.5) is 22.1 Å². The number of nitrogens with one attached hydrogen (secondary N) is 2. The maximum Gasteiger partial charge on any atom is 0.328 e. The number of amides is 4. The van der Waals surface area contributed by atoms with Crippen molar-refractivity contribution in [3.05, 3.63) is 111 Å². The molecule has 2 N–H and O–H groups in total. The minimum Gasteiger partial charge on any atom is -0.495 e. The van der Waals surface area contributed by atoms with Crippen molar-refractivity contribution in [3.63, 3.8) is 0 Å². The van der Waals surface area contributed by atoms with Crippen molar-refractivity contribution >= 4 is 75.2 Å². The molecule has 0 bridgehead atoms. The summed E-state index contributed by atoms with van der Waals surface area (Å²) in [5.74, 6) is 1.73. The molecule has 3 saturated heterocycles. The van der Waals surface area contributed by atoms with E-state index in [1.54, 1.807) is 53.2 Å². The standard InChI is InChI=1S/C43H42Cl2N10O5/c1-60-35-10-7-29(23-34(35)53-21-15-36(56)49-43(53)59)39(57)52-19-11-26(12-20-52)25-51-17-13-28(14-18-51)27-5-8-30(9-6-27)48-41-47-24-31-38(50-41)54-22-16-46-42(54)55(40(31)58)37-32(44)3-2-4-33(37)45/h2-10,16,22-24,26,28H,11-15,17-21,25H2,1H3,(H,47,48,50)(H,49,56,59). The number of methoxy groups -OCH3 is 1. The van der Waals surface area contributed by atoms with Crippen molar-refractivity contribution in [3.8, 4) is 11.4 Å². The highest BCUT2D eigenvalue weighted by atomic mass is 35.5. The molecule has 3 aliphatic heterocycles. The molecule has 0 atom stereocenters. The summed E-state index contributed by atoms with van der Waals surface area (Å²) in [6.07, 6.45) is 9.01. The fourth-order valence-corrected chi connectivity index (χ4v) is 9.19. The molecule has 0 aliphatic carbocycles. The number of carbonyl (C=O) groups is 3. The van der Waals surface area contributed by atoms with E-state index in [0.29, 0.717) is 75.0 Å². The van der Waals surface area contributed by atoms with Crippen molar-refractivity contribution < 1.29 is 19.1 Å². The maximum absolute atomic E-state index is 13.7. The van der Waals surface area contributed by atoms with E-state index in [2.05, 4.69) is 37.6 Å². The number of hydrogen-bond acceptors (Lipinski definition) is 10. The molecule has 0 spiro atoms. The SMILES string of the molecule is COc1ccc(C(=O)N2CCC(CN3CCC(c4ccc(Nc5ncc6c(=O)n(-c7c(Cl)cccc7Cl)c7nccn7c6n5)cc4)CC3)CC2)cc1N1CCC(=O)NC1=O. The van der Waals surface area contributed by atoms with Gasteiger partial charge in [0.25, 0.3) is 11.5 Å². The summed E-state index contributed by atoms with van der Waals surface area (Å²) < 4.78 is 8.58. The van der Waals surface area contributed by atoms with E-state index in [9.17, 15) is 19.2 Å². The number of anilines is 3. The summed E-state index contributed by atoms with van der Waals surface area (Å²) in [7, 11) is 1.52. The number of likely N-dealkylation sites (tertiary alicyclic amines) is 2. The lowest BCUT2D eigenvalue weighted by molar-refractivity contribution is -0.120. The average Bonchev–Trinajstić information content (AvgIpc) is 3.75. The van der Waals surface area contributed by atoms with Crippen molar-refractivity contribution in [1.82, 2.24) is 39.0 Å². The fraction of sp³-hybridized carbons (Fsp3) is 0.326. The van der Waals surface area contributed by atoms with E-state index in [4.69, 9.17) is 32.9 Å². The Kier molecular flexibility index (Phi) is 10.9. The molecule has 15 nitrogen and oxygen atoms in total. The van der Waals surface area contributed by atoms with Gasteiger partial charge in [0, 0.05) is 62.4 Å². The lowest BCUT2D eigenvalue weighted by Crippen LogP contribution is -2.49. The third-order valence-electron chi connectivity index (χ3n) is 11.8. The molecule has 0 unspecified atom stereocenters. The second-order valence-corrected chi connectivity index (χ2v) is 16.3. The summed E-state index contributed by atoms with van der Waals surface area (Å²) in [4.78, 5) is 71.1. The predicted octanol–water partition coefficient (Wildman–Crippen LogP) is 6.67. The van der Waals surface area contributed by atoms with Gasteiger partial charge in [-0.2, -0.15) is 4.98 Å². The number of ether oxygens (including phenoxy) is 1. The van der Waals surface area contributed by atoms with Gasteiger partial charge in [0.1, 0.15) is 11.1 Å². The zero-order chi connectivity index (χ0) is 41.5. The molecular weight excluding hydrogens is 807 g/mol. The first kappa shape index (κ1) is 39.4. The highest BCUT2D eigenvalue weighted by molar-refractivity contribution is 6.37. The number of benzene rings is 3. The van der Waals surface area contributed by atoms with Crippen LogP contribution in [0, 0.1) is 5.92 Å². The number of nitrogens with zero attached hydrogens (tertiary/aromatic N) is 8. The Labute approximate surface area is 354 Å². The monoisotopic (exact) mass is 848 g/mol. The van der Waals surface area contributed by atoms with Crippen LogP contribution < -0.4 is 25.8 Å². The van der Waals surface area contributed by atoms with Gasteiger partial charge >= 0.3 is 6.03 Å². The van der Waals surface area contributed by atoms with Gasteiger partial charge in [-0.1, -0.05) is 41.4 Å². The first-order valence-corrected chi connectivity index (χ1v) is 20.8. The molecule has 0 saturated carbocycles. The van der Waals surface area contributed by atoms with E-state index >= 15 is 0 Å². The van der Waals surface area contributed by atoms with Crippen LogP contribution in [-0.4, -0.2) is 97.9 Å². The molecule has 308 valence electrons. The van der Waals surface area contributed by atoms with E-state index < -0.39 is 6.03 Å². The van der Waals surface area contributed by atoms with E-state index in [-0.39, 0.29) is 35.7 Å². The highest BCUT2D eigenvalue weighted by Gasteiger charge is 2.30. The van der Waals surface area contributed by atoms with Gasteiger partial charge in [-0.3, -0.25) is 29.0 Å². The molecule has 3 fully saturated rings. The van der Waals surface area contributed by atoms with Crippen LogP contribution >= 0.6 is 23.2 Å². The van der Waals surface area contributed by atoms with Gasteiger partial charge < -0.3 is 19.9 Å². The second-order valence-electron chi connectivity index (χ2n) is 15.4. The molecule has 3 aliphatic rings. The molecule has 4 amide bonds.